The van der Waals surface area contributed by atoms with E-state index in [9.17, 15) is 8.42 Å². The van der Waals surface area contributed by atoms with Gasteiger partial charge in [-0.25, -0.2) is 0 Å². The number of hydrogen-bond donors (Lipinski definition) is 2. The largest absolute Gasteiger partial charge is 0.363 e. The molecule has 1 atom stereocenters. The number of nitrogens with zero attached hydrogens (tertiary/aromatic N) is 2. The maximum atomic E-state index is 10.4. The first-order valence-electron chi connectivity index (χ1n) is 2.68. The average Bonchev–Trinajstić information content (AvgIpc) is 2.04. The van der Waals surface area contributed by atoms with Gasteiger partial charge in [-0.15, -0.1) is 0 Å². The quantitative estimate of drug-likeness (QED) is 0.182. The highest BCUT2D eigenvalue weighted by Gasteiger charge is 2.03. The summed E-state index contributed by atoms with van der Waals surface area (Å²) in [6, 6.07) is 0. The Morgan fingerprint density at radius 2 is 2.42 bits per heavy atom. The number of nitriles is 1. The highest BCUT2D eigenvalue weighted by Crippen LogP contribution is 1.79. The zero-order valence-corrected chi connectivity index (χ0v) is 6.95. The number of nitrogens with one attached hydrogen (secondary N) is 1. The van der Waals surface area contributed by atoms with Crippen molar-refractivity contribution in [1.82, 2.24) is 4.83 Å². The van der Waals surface area contributed by atoms with E-state index in [-0.39, 0.29) is 0 Å². The molecule has 0 heterocycles. The third kappa shape index (κ3) is 4.62. The molecule has 0 spiro atoms. The Balaban J connectivity index is 4.02. The second-order valence-corrected chi connectivity index (χ2v) is 2.96. The summed E-state index contributed by atoms with van der Waals surface area (Å²) in [6.07, 6.45) is -0.513. The van der Waals surface area contributed by atoms with Gasteiger partial charge in [-0.1, -0.05) is 0 Å². The first-order valence-corrected chi connectivity index (χ1v) is 4.17. The van der Waals surface area contributed by atoms with Crippen molar-refractivity contribution in [1.29, 1.82) is 5.26 Å². The van der Waals surface area contributed by atoms with E-state index in [0.717, 1.165) is 11.6 Å². The van der Waals surface area contributed by atoms with Crippen molar-refractivity contribution in [2.24, 2.45) is 5.10 Å². The van der Waals surface area contributed by atoms with Crippen LogP contribution < -0.4 is 4.83 Å². The van der Waals surface area contributed by atoms with E-state index < -0.39 is 16.3 Å². The Kier molecular flexibility index (Phi) is 4.20. The van der Waals surface area contributed by atoms with Crippen LogP contribution in [0.5, 0.6) is 0 Å². The van der Waals surface area contributed by atoms with Crippen LogP contribution in [0.15, 0.2) is 5.10 Å². The maximum Gasteiger partial charge on any atom is 0.341 e. The Bertz CT molecular complexity index is 290. The minimum atomic E-state index is -4.03. The van der Waals surface area contributed by atoms with Crippen molar-refractivity contribution in [2.45, 2.75) is 6.29 Å². The molecule has 0 rings (SSSR count). The Morgan fingerprint density at radius 1 is 1.83 bits per heavy atom. The lowest BCUT2D eigenvalue weighted by Crippen LogP contribution is -2.18. The highest BCUT2D eigenvalue weighted by atomic mass is 32.2. The van der Waals surface area contributed by atoms with Crippen molar-refractivity contribution in [3.8, 4) is 5.40 Å². The maximum absolute atomic E-state index is 10.4. The van der Waals surface area contributed by atoms with Crippen LogP contribution in [0, 0.1) is 10.7 Å². The fourth-order valence-corrected chi connectivity index (χ4v) is 0.485. The van der Waals surface area contributed by atoms with Crippen molar-refractivity contribution >= 4 is 16.2 Å². The second kappa shape index (κ2) is 4.66. The summed E-state index contributed by atoms with van der Waals surface area (Å²) in [5.74, 6) is 0. The summed E-state index contributed by atoms with van der Waals surface area (Å²) >= 11 is 0. The van der Waals surface area contributed by atoms with Gasteiger partial charge in [-0.3, -0.25) is 0 Å². The van der Waals surface area contributed by atoms with Gasteiger partial charge >= 0.3 is 10.0 Å². The first kappa shape index (κ1) is 10.8. The van der Waals surface area contributed by atoms with E-state index in [1.165, 1.54) is 11.9 Å². The summed E-state index contributed by atoms with van der Waals surface area (Å²) in [5, 5.41) is 20.6. The van der Waals surface area contributed by atoms with Crippen molar-refractivity contribution in [2.75, 3.05) is 7.11 Å². The molecule has 0 aromatic heterocycles. The van der Waals surface area contributed by atoms with Crippen LogP contribution in [-0.4, -0.2) is 33.1 Å². The fourth-order valence-electron chi connectivity index (χ4n) is 0.245. The number of aliphatic hydroxyl groups is 1. The third-order valence-electron chi connectivity index (χ3n) is 0.737. The molecular weight excluding hydrogens is 186 g/mol. The molecule has 0 radical (unpaired) electrons. The average molecular weight is 193 g/mol. The normalized spacial score (nSPS) is 14.1. The zero-order valence-electron chi connectivity index (χ0n) is 6.13. The summed E-state index contributed by atoms with van der Waals surface area (Å²) < 4.78 is 25.0. The van der Waals surface area contributed by atoms with E-state index in [1.807, 2.05) is 0 Å². The zero-order chi connectivity index (χ0) is 9.61. The third-order valence-corrected chi connectivity index (χ3v) is 1.32. The van der Waals surface area contributed by atoms with Crippen LogP contribution in [0.1, 0.15) is 0 Å². The SMILES string of the molecule is COC(O)/C=N/NS(=O)(=O)C#N. The topological polar surface area (TPSA) is 112 Å². The molecule has 2 N–H and O–H groups in total. The van der Waals surface area contributed by atoms with E-state index >= 15 is 0 Å². The predicted molar refractivity (Wildman–Crippen MR) is 39.2 cm³/mol. The Hall–Kier alpha value is -1.17. The lowest BCUT2D eigenvalue weighted by molar-refractivity contribution is -0.0163. The lowest BCUT2D eigenvalue weighted by atomic mass is 10.7. The molecule has 0 saturated heterocycles. The van der Waals surface area contributed by atoms with Crippen molar-refractivity contribution in [3.05, 3.63) is 0 Å². The monoisotopic (exact) mass is 193 g/mol. The van der Waals surface area contributed by atoms with Gasteiger partial charge in [0, 0.05) is 7.11 Å². The van der Waals surface area contributed by atoms with Crippen LogP contribution in [0.3, 0.4) is 0 Å². The van der Waals surface area contributed by atoms with Gasteiger partial charge in [-0.2, -0.15) is 23.6 Å². The van der Waals surface area contributed by atoms with Crippen LogP contribution in [0.25, 0.3) is 0 Å². The van der Waals surface area contributed by atoms with Gasteiger partial charge in [0.05, 0.1) is 6.21 Å². The molecular formula is C4H7N3O4S. The van der Waals surface area contributed by atoms with E-state index in [0.29, 0.717) is 0 Å². The summed E-state index contributed by atoms with van der Waals surface area (Å²) in [6.45, 7) is 0. The molecule has 1 unspecified atom stereocenters. The van der Waals surface area contributed by atoms with Crippen LogP contribution in [0.2, 0.25) is 0 Å². The van der Waals surface area contributed by atoms with Gasteiger partial charge in [0.2, 0.25) is 5.40 Å². The number of sulfonamides is 1. The number of aliphatic hydroxyl groups excluding tert-OH is 1. The van der Waals surface area contributed by atoms with Crippen molar-refractivity contribution < 1.29 is 18.3 Å². The van der Waals surface area contributed by atoms with Crippen molar-refractivity contribution in [3.63, 3.8) is 0 Å². The minimum absolute atomic E-state index is 0.787. The van der Waals surface area contributed by atoms with E-state index in [2.05, 4.69) is 9.84 Å². The molecule has 0 aliphatic rings. The lowest BCUT2D eigenvalue weighted by Gasteiger charge is -1.98. The van der Waals surface area contributed by atoms with E-state index in [1.54, 1.807) is 0 Å². The minimum Gasteiger partial charge on any atom is -0.363 e. The molecule has 8 heteroatoms. The second-order valence-electron chi connectivity index (χ2n) is 1.59. The Morgan fingerprint density at radius 3 is 2.83 bits per heavy atom. The number of rotatable bonds is 4. The molecule has 7 nitrogen and oxygen atoms in total. The molecule has 0 aromatic carbocycles. The molecule has 0 amide bonds. The highest BCUT2D eigenvalue weighted by molar-refractivity contribution is 7.94. The van der Waals surface area contributed by atoms with Gasteiger partial charge in [-0.05, 0) is 0 Å². The number of hydrogen-bond acceptors (Lipinski definition) is 6. The molecule has 0 bridgehead atoms. The molecule has 0 fully saturated rings. The number of hydrazone groups is 1. The molecule has 68 valence electrons. The molecule has 0 aromatic rings. The van der Waals surface area contributed by atoms with Gasteiger partial charge in [0.15, 0.2) is 6.29 Å². The van der Waals surface area contributed by atoms with Gasteiger partial charge in [0.25, 0.3) is 0 Å². The van der Waals surface area contributed by atoms with Crippen LogP contribution >= 0.6 is 0 Å². The van der Waals surface area contributed by atoms with Gasteiger partial charge in [0.1, 0.15) is 0 Å². The molecule has 0 aliphatic carbocycles. The number of methoxy groups -OCH3 is 1. The predicted octanol–water partition coefficient (Wildman–Crippen LogP) is -1.66. The molecule has 0 saturated carbocycles. The van der Waals surface area contributed by atoms with E-state index in [4.69, 9.17) is 10.4 Å². The molecule has 12 heavy (non-hydrogen) atoms. The van der Waals surface area contributed by atoms with Crippen LogP contribution in [0.4, 0.5) is 0 Å². The summed E-state index contributed by atoms with van der Waals surface area (Å²) in [4.78, 5) is 1.51. The number of ether oxygens (including phenoxy) is 1. The van der Waals surface area contributed by atoms with Gasteiger partial charge < -0.3 is 9.84 Å². The fraction of sp³-hybridized carbons (Fsp3) is 0.500. The summed E-state index contributed by atoms with van der Waals surface area (Å²) in [5.41, 5.74) is 0. The first-order chi connectivity index (χ1) is 5.52. The number of thiocyanates is 1. The summed E-state index contributed by atoms with van der Waals surface area (Å²) in [7, 11) is -2.83. The smallest absolute Gasteiger partial charge is 0.341 e. The standard InChI is InChI=1S/C4H7N3O4S/c1-11-4(8)2-6-7-12(9,10)3-5/h2,4,7-8H,1H3/b6-2+. The van der Waals surface area contributed by atoms with Crippen LogP contribution in [-0.2, 0) is 14.8 Å². The Labute approximate surface area is 69.3 Å². The molecule has 0 aliphatic heterocycles.